The van der Waals surface area contributed by atoms with Crippen molar-refractivity contribution in [2.24, 2.45) is 13.0 Å². The second kappa shape index (κ2) is 6.58. The third-order valence-electron chi connectivity index (χ3n) is 4.26. The molecule has 0 amide bonds. The molecular formula is C15H23N5O2. The van der Waals surface area contributed by atoms with Crippen LogP contribution in [0, 0.1) is 5.92 Å². The van der Waals surface area contributed by atoms with Crippen LogP contribution in [0.5, 0.6) is 0 Å². The quantitative estimate of drug-likeness (QED) is 0.727. The van der Waals surface area contributed by atoms with Crippen LogP contribution in [0.4, 0.5) is 0 Å². The fourth-order valence-corrected chi connectivity index (χ4v) is 3.15. The zero-order valence-electron chi connectivity index (χ0n) is 13.2. The number of aromatic nitrogens is 4. The molecule has 7 nitrogen and oxygen atoms in total. The van der Waals surface area contributed by atoms with E-state index in [4.69, 9.17) is 4.74 Å². The number of rotatable bonds is 6. The summed E-state index contributed by atoms with van der Waals surface area (Å²) in [7, 11) is 3.54. The molecule has 1 aliphatic heterocycles. The van der Waals surface area contributed by atoms with E-state index < -0.39 is 0 Å². The van der Waals surface area contributed by atoms with Gasteiger partial charge < -0.3 is 9.64 Å². The molecule has 0 bridgehead atoms. The van der Waals surface area contributed by atoms with Gasteiger partial charge in [0.15, 0.2) is 5.52 Å². The summed E-state index contributed by atoms with van der Waals surface area (Å²) in [6.45, 7) is 4.73. The van der Waals surface area contributed by atoms with Crippen LogP contribution in [0.15, 0.2) is 17.3 Å². The van der Waals surface area contributed by atoms with E-state index in [1.165, 1.54) is 0 Å². The summed E-state index contributed by atoms with van der Waals surface area (Å²) in [6.07, 6.45) is 5.61. The molecule has 22 heavy (non-hydrogen) atoms. The Bertz CT molecular complexity index is 693. The van der Waals surface area contributed by atoms with Crippen LogP contribution in [0.25, 0.3) is 11.0 Å². The first-order chi connectivity index (χ1) is 10.7. The number of aryl methyl sites for hydroxylation is 1. The van der Waals surface area contributed by atoms with Crippen LogP contribution in [-0.4, -0.2) is 57.6 Å². The number of likely N-dealkylation sites (tertiary alicyclic amines) is 1. The van der Waals surface area contributed by atoms with Gasteiger partial charge in [-0.3, -0.25) is 14.0 Å². The van der Waals surface area contributed by atoms with Crippen molar-refractivity contribution in [3.8, 4) is 0 Å². The van der Waals surface area contributed by atoms with E-state index in [-0.39, 0.29) is 5.56 Å². The number of nitrogens with zero attached hydrogens (tertiary/aromatic N) is 5. The lowest BCUT2D eigenvalue weighted by molar-refractivity contribution is 0.178. The Hall–Kier alpha value is -1.73. The molecule has 120 valence electrons. The largest absolute Gasteiger partial charge is 0.385 e. The van der Waals surface area contributed by atoms with Crippen LogP contribution in [0.3, 0.4) is 0 Å². The van der Waals surface area contributed by atoms with Gasteiger partial charge in [-0.15, -0.1) is 0 Å². The Labute approximate surface area is 129 Å². The fraction of sp³-hybridized carbons (Fsp3) is 0.667. The predicted molar refractivity (Wildman–Crippen MR) is 83.8 cm³/mol. The SMILES string of the molecule is COCCCN1CC[C@@H](Cn2cnc3cn(C)nc3c2=O)C1. The van der Waals surface area contributed by atoms with Crippen LogP contribution in [-0.2, 0) is 18.3 Å². The van der Waals surface area contributed by atoms with Gasteiger partial charge in [-0.1, -0.05) is 0 Å². The van der Waals surface area contributed by atoms with Crippen LogP contribution in [0.1, 0.15) is 12.8 Å². The number of ether oxygens (including phenoxy) is 1. The first-order valence-corrected chi connectivity index (χ1v) is 7.77. The molecule has 0 spiro atoms. The van der Waals surface area contributed by atoms with Gasteiger partial charge >= 0.3 is 0 Å². The topological polar surface area (TPSA) is 65.2 Å². The lowest BCUT2D eigenvalue weighted by Gasteiger charge is -2.16. The third kappa shape index (κ3) is 3.20. The van der Waals surface area contributed by atoms with E-state index in [2.05, 4.69) is 15.0 Å². The van der Waals surface area contributed by atoms with Gasteiger partial charge in [0, 0.05) is 40.4 Å². The molecule has 2 aromatic rings. The van der Waals surface area contributed by atoms with Crippen molar-refractivity contribution in [2.75, 3.05) is 33.4 Å². The van der Waals surface area contributed by atoms with Gasteiger partial charge in [-0.25, -0.2) is 4.98 Å². The Kier molecular flexibility index (Phi) is 4.54. The highest BCUT2D eigenvalue weighted by Gasteiger charge is 2.23. The lowest BCUT2D eigenvalue weighted by Crippen LogP contribution is -2.27. The van der Waals surface area contributed by atoms with Crippen molar-refractivity contribution in [1.29, 1.82) is 0 Å². The van der Waals surface area contributed by atoms with Gasteiger partial charge in [-0.05, 0) is 25.3 Å². The highest BCUT2D eigenvalue weighted by atomic mass is 16.5. The lowest BCUT2D eigenvalue weighted by atomic mass is 10.1. The number of hydrogen-bond donors (Lipinski definition) is 0. The Balaban J connectivity index is 1.64. The van der Waals surface area contributed by atoms with Gasteiger partial charge in [0.1, 0.15) is 5.52 Å². The summed E-state index contributed by atoms with van der Waals surface area (Å²) in [6, 6.07) is 0. The minimum atomic E-state index is -0.0385. The molecule has 3 heterocycles. The summed E-state index contributed by atoms with van der Waals surface area (Å²) in [5.41, 5.74) is 1.08. The summed E-state index contributed by atoms with van der Waals surface area (Å²) < 4.78 is 8.44. The Morgan fingerprint density at radius 3 is 3.14 bits per heavy atom. The molecule has 0 unspecified atom stereocenters. The van der Waals surface area contributed by atoms with E-state index in [1.54, 1.807) is 35.9 Å². The maximum absolute atomic E-state index is 12.4. The maximum atomic E-state index is 12.4. The monoisotopic (exact) mass is 305 g/mol. The fourth-order valence-electron chi connectivity index (χ4n) is 3.15. The van der Waals surface area contributed by atoms with E-state index in [0.717, 1.165) is 45.6 Å². The molecule has 2 aromatic heterocycles. The zero-order valence-corrected chi connectivity index (χ0v) is 13.2. The van der Waals surface area contributed by atoms with Crippen molar-refractivity contribution in [1.82, 2.24) is 24.2 Å². The molecule has 0 saturated carbocycles. The molecule has 1 saturated heterocycles. The van der Waals surface area contributed by atoms with Gasteiger partial charge in [0.25, 0.3) is 5.56 Å². The number of methoxy groups -OCH3 is 1. The first kappa shape index (κ1) is 15.2. The summed E-state index contributed by atoms with van der Waals surface area (Å²) in [5.74, 6) is 0.503. The standard InChI is InChI=1S/C15H23N5O2/c1-18-10-13-14(17-18)15(21)20(11-16-13)9-12-4-6-19(8-12)5-3-7-22-2/h10-12H,3-9H2,1-2H3/t12-/m1/s1. The molecule has 3 rings (SSSR count). The Morgan fingerprint density at radius 1 is 1.45 bits per heavy atom. The molecule has 0 radical (unpaired) electrons. The normalized spacial score (nSPS) is 19.3. The zero-order chi connectivity index (χ0) is 15.5. The first-order valence-electron chi connectivity index (χ1n) is 7.77. The molecule has 7 heteroatoms. The van der Waals surface area contributed by atoms with E-state index in [9.17, 15) is 4.79 Å². The predicted octanol–water partition coefficient (Wildman–Crippen LogP) is 0.488. The van der Waals surface area contributed by atoms with Crippen molar-refractivity contribution < 1.29 is 4.74 Å². The minimum absolute atomic E-state index is 0.0385. The van der Waals surface area contributed by atoms with Gasteiger partial charge in [-0.2, -0.15) is 5.10 Å². The van der Waals surface area contributed by atoms with Crippen molar-refractivity contribution in [3.63, 3.8) is 0 Å². The highest BCUT2D eigenvalue weighted by Crippen LogP contribution is 2.18. The second-order valence-electron chi connectivity index (χ2n) is 6.04. The summed E-state index contributed by atoms with van der Waals surface area (Å²) in [4.78, 5) is 19.2. The smallest absolute Gasteiger partial charge is 0.281 e. The van der Waals surface area contributed by atoms with Crippen LogP contribution in [0.2, 0.25) is 0 Å². The van der Waals surface area contributed by atoms with Gasteiger partial charge in [0.2, 0.25) is 0 Å². The molecule has 0 N–H and O–H groups in total. The van der Waals surface area contributed by atoms with E-state index >= 15 is 0 Å². The van der Waals surface area contributed by atoms with E-state index in [1.807, 2.05) is 0 Å². The van der Waals surface area contributed by atoms with Crippen LogP contribution >= 0.6 is 0 Å². The maximum Gasteiger partial charge on any atom is 0.281 e. The molecule has 1 fully saturated rings. The summed E-state index contributed by atoms with van der Waals surface area (Å²) >= 11 is 0. The Morgan fingerprint density at radius 2 is 2.32 bits per heavy atom. The van der Waals surface area contributed by atoms with Crippen molar-refractivity contribution >= 4 is 11.0 Å². The summed E-state index contributed by atoms with van der Waals surface area (Å²) in [5, 5.41) is 4.21. The minimum Gasteiger partial charge on any atom is -0.385 e. The third-order valence-corrected chi connectivity index (χ3v) is 4.26. The number of fused-ring (bicyclic) bond motifs is 1. The van der Waals surface area contributed by atoms with Crippen LogP contribution < -0.4 is 5.56 Å². The molecule has 0 aromatic carbocycles. The number of hydrogen-bond acceptors (Lipinski definition) is 5. The molecular weight excluding hydrogens is 282 g/mol. The van der Waals surface area contributed by atoms with Crippen molar-refractivity contribution in [2.45, 2.75) is 19.4 Å². The average molecular weight is 305 g/mol. The second-order valence-corrected chi connectivity index (χ2v) is 6.04. The van der Waals surface area contributed by atoms with Crippen molar-refractivity contribution in [3.05, 3.63) is 22.9 Å². The highest BCUT2D eigenvalue weighted by molar-refractivity contribution is 5.71. The molecule has 1 aliphatic rings. The van der Waals surface area contributed by atoms with Gasteiger partial charge in [0.05, 0.1) is 12.5 Å². The average Bonchev–Trinajstić information content (AvgIpc) is 3.09. The molecule has 0 aliphatic carbocycles. The van der Waals surface area contributed by atoms with E-state index in [0.29, 0.717) is 17.0 Å². The molecule has 1 atom stereocenters.